The van der Waals surface area contributed by atoms with Crippen LogP contribution in [0.1, 0.15) is 0 Å². The lowest BCUT2D eigenvalue weighted by atomic mass is 10.1. The molecule has 1 unspecified atom stereocenters. The van der Waals surface area contributed by atoms with Crippen LogP contribution < -0.4 is 0 Å². The van der Waals surface area contributed by atoms with Gasteiger partial charge in [-0.15, -0.1) is 11.8 Å². The van der Waals surface area contributed by atoms with Crippen LogP contribution in [0.15, 0.2) is 11.5 Å². The molecule has 0 aliphatic carbocycles. The van der Waals surface area contributed by atoms with Gasteiger partial charge in [-0.1, -0.05) is 0 Å². The van der Waals surface area contributed by atoms with Crippen molar-refractivity contribution in [3.63, 3.8) is 0 Å². The number of hydrogen-bond acceptors (Lipinski definition) is 4. The SMILES string of the molecule is COC(=O)C1CSC=CC1=O. The van der Waals surface area contributed by atoms with Crippen molar-refractivity contribution in [2.75, 3.05) is 12.9 Å². The first-order chi connectivity index (χ1) is 5.25. The summed E-state index contributed by atoms with van der Waals surface area (Å²) in [5.74, 6) is -0.681. The number of methoxy groups -OCH3 is 1. The van der Waals surface area contributed by atoms with Crippen molar-refractivity contribution in [3.05, 3.63) is 11.5 Å². The maximum absolute atomic E-state index is 11.0. The highest BCUT2D eigenvalue weighted by atomic mass is 32.2. The number of carbonyl (C=O) groups is 2. The largest absolute Gasteiger partial charge is 0.468 e. The molecule has 1 aliphatic rings. The first-order valence-electron chi connectivity index (χ1n) is 3.15. The van der Waals surface area contributed by atoms with Crippen LogP contribution in [0.3, 0.4) is 0 Å². The van der Waals surface area contributed by atoms with Crippen molar-refractivity contribution < 1.29 is 14.3 Å². The van der Waals surface area contributed by atoms with Crippen molar-refractivity contribution in [1.82, 2.24) is 0 Å². The van der Waals surface area contributed by atoms with Crippen molar-refractivity contribution in [3.8, 4) is 0 Å². The Morgan fingerprint density at radius 1 is 1.82 bits per heavy atom. The predicted molar refractivity (Wildman–Crippen MR) is 42.1 cm³/mol. The molecule has 11 heavy (non-hydrogen) atoms. The molecule has 0 aromatic heterocycles. The molecule has 4 heteroatoms. The summed E-state index contributed by atoms with van der Waals surface area (Å²) in [6.45, 7) is 0. The molecule has 0 saturated heterocycles. The van der Waals surface area contributed by atoms with E-state index in [4.69, 9.17) is 0 Å². The molecular weight excluding hydrogens is 164 g/mol. The summed E-state index contributed by atoms with van der Waals surface area (Å²) in [5, 5.41) is 1.70. The summed E-state index contributed by atoms with van der Waals surface area (Å²) < 4.78 is 4.45. The molecule has 3 nitrogen and oxygen atoms in total. The zero-order valence-corrected chi connectivity index (χ0v) is 6.89. The fraction of sp³-hybridized carbons (Fsp3) is 0.429. The van der Waals surface area contributed by atoms with E-state index < -0.39 is 11.9 Å². The van der Waals surface area contributed by atoms with Crippen molar-refractivity contribution >= 4 is 23.5 Å². The van der Waals surface area contributed by atoms with E-state index in [1.807, 2.05) is 0 Å². The van der Waals surface area contributed by atoms with Crippen LogP contribution >= 0.6 is 11.8 Å². The molecule has 0 spiro atoms. The number of esters is 1. The zero-order chi connectivity index (χ0) is 8.27. The Hall–Kier alpha value is -0.770. The Balaban J connectivity index is 2.65. The smallest absolute Gasteiger partial charge is 0.317 e. The number of allylic oxidation sites excluding steroid dienone is 1. The third kappa shape index (κ3) is 1.83. The average Bonchev–Trinajstić information content (AvgIpc) is 2.04. The summed E-state index contributed by atoms with van der Waals surface area (Å²) in [7, 11) is 1.29. The number of thioether (sulfide) groups is 1. The minimum Gasteiger partial charge on any atom is -0.468 e. The van der Waals surface area contributed by atoms with Gasteiger partial charge in [0.05, 0.1) is 7.11 Å². The maximum atomic E-state index is 11.0. The second-order valence-electron chi connectivity index (χ2n) is 2.11. The molecule has 0 fully saturated rings. The summed E-state index contributed by atoms with van der Waals surface area (Å²) >= 11 is 1.45. The van der Waals surface area contributed by atoms with E-state index in [1.54, 1.807) is 5.41 Å². The third-order valence-corrected chi connectivity index (χ3v) is 2.27. The Bertz CT molecular complexity index is 210. The lowest BCUT2D eigenvalue weighted by molar-refractivity contribution is -0.147. The number of hydrogen-bond donors (Lipinski definition) is 0. The molecule has 0 amide bonds. The minimum atomic E-state index is -0.588. The first kappa shape index (κ1) is 8.33. The molecule has 0 aromatic carbocycles. The number of ether oxygens (including phenoxy) is 1. The Kier molecular flexibility index (Phi) is 2.70. The Morgan fingerprint density at radius 3 is 3.09 bits per heavy atom. The van der Waals surface area contributed by atoms with Gasteiger partial charge in [-0.25, -0.2) is 0 Å². The quantitative estimate of drug-likeness (QED) is 0.429. The molecule has 60 valence electrons. The second-order valence-corrected chi connectivity index (χ2v) is 3.05. The van der Waals surface area contributed by atoms with Crippen LogP contribution in [0.2, 0.25) is 0 Å². The maximum Gasteiger partial charge on any atom is 0.317 e. The molecular formula is C7H8O3S. The van der Waals surface area contributed by atoms with Gasteiger partial charge < -0.3 is 4.74 Å². The van der Waals surface area contributed by atoms with Gasteiger partial charge in [-0.05, 0) is 11.5 Å². The highest BCUT2D eigenvalue weighted by Crippen LogP contribution is 2.18. The van der Waals surface area contributed by atoms with E-state index in [9.17, 15) is 9.59 Å². The van der Waals surface area contributed by atoms with E-state index in [0.29, 0.717) is 5.75 Å². The van der Waals surface area contributed by atoms with Gasteiger partial charge in [0.1, 0.15) is 5.92 Å². The fourth-order valence-corrected chi connectivity index (χ4v) is 1.63. The van der Waals surface area contributed by atoms with E-state index in [1.165, 1.54) is 24.9 Å². The Labute approximate surface area is 68.8 Å². The van der Waals surface area contributed by atoms with Gasteiger partial charge in [-0.2, -0.15) is 0 Å². The number of ketones is 1. The highest BCUT2D eigenvalue weighted by Gasteiger charge is 2.27. The molecule has 1 aliphatic heterocycles. The first-order valence-corrected chi connectivity index (χ1v) is 4.20. The zero-order valence-electron chi connectivity index (χ0n) is 6.07. The second kappa shape index (κ2) is 3.57. The fourth-order valence-electron chi connectivity index (χ4n) is 0.792. The topological polar surface area (TPSA) is 43.4 Å². The number of rotatable bonds is 1. The van der Waals surface area contributed by atoms with E-state index in [-0.39, 0.29) is 5.78 Å². The molecule has 1 atom stereocenters. The third-order valence-electron chi connectivity index (χ3n) is 1.42. The standard InChI is InChI=1S/C7H8O3S/c1-10-7(9)5-4-11-3-2-6(5)8/h2-3,5H,4H2,1H3. The normalized spacial score (nSPS) is 23.4. The predicted octanol–water partition coefficient (Wildman–Crippen LogP) is 0.605. The van der Waals surface area contributed by atoms with Crippen LogP contribution in [-0.2, 0) is 14.3 Å². The van der Waals surface area contributed by atoms with Crippen LogP contribution in [0, 0.1) is 5.92 Å². The van der Waals surface area contributed by atoms with E-state index >= 15 is 0 Å². The van der Waals surface area contributed by atoms with Gasteiger partial charge in [-0.3, -0.25) is 9.59 Å². The Morgan fingerprint density at radius 2 is 2.55 bits per heavy atom. The molecule has 0 aromatic rings. The van der Waals surface area contributed by atoms with Gasteiger partial charge >= 0.3 is 5.97 Å². The van der Waals surface area contributed by atoms with Crippen LogP contribution in [0.25, 0.3) is 0 Å². The summed E-state index contributed by atoms with van der Waals surface area (Å²) in [4.78, 5) is 21.9. The van der Waals surface area contributed by atoms with Crippen LogP contribution in [-0.4, -0.2) is 24.6 Å². The van der Waals surface area contributed by atoms with Crippen molar-refractivity contribution in [2.45, 2.75) is 0 Å². The molecule has 0 bridgehead atoms. The molecule has 0 N–H and O–H groups in total. The monoisotopic (exact) mass is 172 g/mol. The van der Waals surface area contributed by atoms with Crippen LogP contribution in [0.5, 0.6) is 0 Å². The molecule has 1 heterocycles. The summed E-state index contributed by atoms with van der Waals surface area (Å²) in [5.41, 5.74) is 0. The molecule has 0 saturated carbocycles. The highest BCUT2D eigenvalue weighted by molar-refractivity contribution is 8.02. The van der Waals surface area contributed by atoms with Crippen molar-refractivity contribution in [2.24, 2.45) is 5.92 Å². The molecule has 1 rings (SSSR count). The lowest BCUT2D eigenvalue weighted by Crippen LogP contribution is -2.27. The summed E-state index contributed by atoms with van der Waals surface area (Å²) in [6.07, 6.45) is 1.41. The van der Waals surface area contributed by atoms with Gasteiger partial charge in [0.25, 0.3) is 0 Å². The van der Waals surface area contributed by atoms with Crippen LogP contribution in [0.4, 0.5) is 0 Å². The lowest BCUT2D eigenvalue weighted by Gasteiger charge is -2.12. The van der Waals surface area contributed by atoms with Gasteiger partial charge in [0, 0.05) is 5.75 Å². The van der Waals surface area contributed by atoms with E-state index in [0.717, 1.165) is 0 Å². The average molecular weight is 172 g/mol. The van der Waals surface area contributed by atoms with E-state index in [2.05, 4.69) is 4.74 Å². The number of carbonyl (C=O) groups excluding carboxylic acids is 2. The van der Waals surface area contributed by atoms with Gasteiger partial charge in [0.15, 0.2) is 5.78 Å². The minimum absolute atomic E-state index is 0.157. The van der Waals surface area contributed by atoms with Crippen molar-refractivity contribution in [1.29, 1.82) is 0 Å². The summed E-state index contributed by atoms with van der Waals surface area (Å²) in [6, 6.07) is 0. The van der Waals surface area contributed by atoms with Gasteiger partial charge in [0.2, 0.25) is 0 Å². The molecule has 0 radical (unpaired) electrons.